The van der Waals surface area contributed by atoms with Gasteiger partial charge < -0.3 is 11.5 Å². The minimum atomic E-state index is -0.566. The van der Waals surface area contributed by atoms with Crippen LogP contribution in [0.1, 0.15) is 36.2 Å². The highest BCUT2D eigenvalue weighted by Crippen LogP contribution is 2.28. The molecule has 0 amide bonds. The topological polar surface area (TPSA) is 114 Å². The molecule has 3 rings (SSSR count). The van der Waals surface area contributed by atoms with Crippen molar-refractivity contribution < 1.29 is 0 Å². The highest BCUT2D eigenvalue weighted by molar-refractivity contribution is 5.70. The molecule has 1 aromatic carbocycles. The number of rotatable bonds is 2. The third-order valence-electron chi connectivity index (χ3n) is 4.38. The van der Waals surface area contributed by atoms with Crippen LogP contribution in [0.25, 0.3) is 11.3 Å². The van der Waals surface area contributed by atoms with Crippen molar-refractivity contribution in [1.29, 1.82) is 5.26 Å². The number of nitrogens with two attached hydrogens (primary N) is 2. The highest BCUT2D eigenvalue weighted by atomic mass is 15.0. The largest absolute Gasteiger partial charge is 0.384 e. The fourth-order valence-corrected chi connectivity index (χ4v) is 2.68. The van der Waals surface area contributed by atoms with E-state index in [-0.39, 0.29) is 5.95 Å². The summed E-state index contributed by atoms with van der Waals surface area (Å²) in [6.07, 6.45) is 1.62. The number of nitriles is 1. The Bertz CT molecular complexity index is 1110. The zero-order valence-corrected chi connectivity index (χ0v) is 16.0. The molecule has 6 heteroatoms. The quantitative estimate of drug-likeness (QED) is 0.671. The maximum Gasteiger partial charge on any atom is 0.220 e. The minimum Gasteiger partial charge on any atom is -0.384 e. The second kappa shape index (κ2) is 7.38. The van der Waals surface area contributed by atoms with Gasteiger partial charge in [-0.25, -0.2) is 15.0 Å². The van der Waals surface area contributed by atoms with E-state index >= 15 is 0 Å². The summed E-state index contributed by atoms with van der Waals surface area (Å²) >= 11 is 0. The molecule has 6 nitrogen and oxygen atoms in total. The van der Waals surface area contributed by atoms with Crippen molar-refractivity contribution in [2.45, 2.75) is 26.2 Å². The first-order chi connectivity index (χ1) is 13.3. The Balaban J connectivity index is 2.07. The van der Waals surface area contributed by atoms with Crippen LogP contribution >= 0.6 is 0 Å². The van der Waals surface area contributed by atoms with Crippen molar-refractivity contribution in [1.82, 2.24) is 15.0 Å². The first-order valence-electron chi connectivity index (χ1n) is 8.70. The lowest BCUT2D eigenvalue weighted by Gasteiger charge is -2.16. The van der Waals surface area contributed by atoms with Gasteiger partial charge in [0, 0.05) is 17.3 Å². The molecule has 2 aromatic heterocycles. The Labute approximate surface area is 164 Å². The average Bonchev–Trinajstić information content (AvgIpc) is 2.68. The van der Waals surface area contributed by atoms with Gasteiger partial charge in [0.15, 0.2) is 0 Å². The minimum absolute atomic E-state index is 0.189. The monoisotopic (exact) mass is 368 g/mol. The summed E-state index contributed by atoms with van der Waals surface area (Å²) in [5.74, 6) is 6.84. The number of nitrogens with zero attached hydrogens (tertiary/aromatic N) is 4. The number of nitrogen functional groups attached to an aromatic ring is 2. The molecule has 4 N–H and O–H groups in total. The molecular weight excluding hydrogens is 348 g/mol. The molecule has 28 heavy (non-hydrogen) atoms. The number of hydrogen-bond acceptors (Lipinski definition) is 6. The van der Waals surface area contributed by atoms with Gasteiger partial charge in [-0.3, -0.25) is 0 Å². The van der Waals surface area contributed by atoms with Gasteiger partial charge in [-0.15, -0.1) is 0 Å². The predicted molar refractivity (Wildman–Crippen MR) is 110 cm³/mol. The van der Waals surface area contributed by atoms with Crippen LogP contribution < -0.4 is 11.5 Å². The van der Waals surface area contributed by atoms with Gasteiger partial charge in [0.25, 0.3) is 0 Å². The fraction of sp³-hybridized carbons (Fsp3) is 0.182. The molecule has 0 radical (unpaired) electrons. The summed E-state index contributed by atoms with van der Waals surface area (Å²) in [4.78, 5) is 12.7. The van der Waals surface area contributed by atoms with Gasteiger partial charge in [-0.05, 0) is 38.5 Å². The SMILES string of the molecule is Cc1nc(N)nc(-c2ccc(C(C)(C)C#N)cc2)c1C#Cc1ccc(N)nc1. The summed E-state index contributed by atoms with van der Waals surface area (Å²) in [5.41, 5.74) is 15.5. The Morgan fingerprint density at radius 2 is 1.68 bits per heavy atom. The van der Waals surface area contributed by atoms with E-state index in [2.05, 4.69) is 32.9 Å². The second-order valence-corrected chi connectivity index (χ2v) is 6.93. The molecule has 0 aliphatic rings. The molecule has 0 unspecified atom stereocenters. The van der Waals surface area contributed by atoms with E-state index in [0.717, 1.165) is 16.7 Å². The van der Waals surface area contributed by atoms with Gasteiger partial charge in [0.05, 0.1) is 28.4 Å². The third kappa shape index (κ3) is 3.92. The van der Waals surface area contributed by atoms with Crippen molar-refractivity contribution in [3.05, 3.63) is 65.0 Å². The second-order valence-electron chi connectivity index (χ2n) is 6.93. The zero-order chi connectivity index (χ0) is 20.3. The van der Waals surface area contributed by atoms with Crippen LogP contribution in [0.2, 0.25) is 0 Å². The molecule has 0 fully saturated rings. The molecule has 0 spiro atoms. The molecule has 138 valence electrons. The standard InChI is InChI=1S/C22H20N6/c1-14-18(10-4-15-5-11-19(24)26-12-15)20(28-21(25)27-14)16-6-8-17(9-7-16)22(2,3)13-23/h5-9,11-12H,1-3H3,(H2,24,26)(H2,25,27,28). The summed E-state index contributed by atoms with van der Waals surface area (Å²) < 4.78 is 0. The molecule has 0 saturated heterocycles. The molecule has 3 aromatic rings. The van der Waals surface area contributed by atoms with Crippen molar-refractivity contribution in [3.63, 3.8) is 0 Å². The van der Waals surface area contributed by atoms with Gasteiger partial charge in [0.1, 0.15) is 5.82 Å². The number of pyridine rings is 1. The Morgan fingerprint density at radius 1 is 0.964 bits per heavy atom. The van der Waals surface area contributed by atoms with Gasteiger partial charge in [-0.1, -0.05) is 36.1 Å². The van der Waals surface area contributed by atoms with Crippen LogP contribution in [0.5, 0.6) is 0 Å². The lowest BCUT2D eigenvalue weighted by molar-refractivity contribution is 0.687. The van der Waals surface area contributed by atoms with Crippen molar-refractivity contribution in [2.75, 3.05) is 11.5 Å². The number of aromatic nitrogens is 3. The van der Waals surface area contributed by atoms with E-state index in [0.29, 0.717) is 22.8 Å². The molecule has 0 aliphatic heterocycles. The van der Waals surface area contributed by atoms with E-state index in [1.54, 1.807) is 18.3 Å². The van der Waals surface area contributed by atoms with Crippen LogP contribution in [-0.4, -0.2) is 15.0 Å². The zero-order valence-electron chi connectivity index (χ0n) is 16.0. The number of aryl methyl sites for hydroxylation is 1. The molecule has 0 saturated carbocycles. The van der Waals surface area contributed by atoms with E-state index < -0.39 is 5.41 Å². The Morgan fingerprint density at radius 3 is 2.29 bits per heavy atom. The summed E-state index contributed by atoms with van der Waals surface area (Å²) in [6, 6.07) is 13.5. The summed E-state index contributed by atoms with van der Waals surface area (Å²) in [6.45, 7) is 5.61. The average molecular weight is 368 g/mol. The normalized spacial score (nSPS) is 10.6. The van der Waals surface area contributed by atoms with E-state index in [1.165, 1.54) is 0 Å². The van der Waals surface area contributed by atoms with Crippen LogP contribution in [-0.2, 0) is 5.41 Å². The summed E-state index contributed by atoms with van der Waals surface area (Å²) in [7, 11) is 0. The molecule has 0 atom stereocenters. The molecule has 0 aliphatic carbocycles. The highest BCUT2D eigenvalue weighted by Gasteiger charge is 2.20. The summed E-state index contributed by atoms with van der Waals surface area (Å²) in [5, 5.41) is 9.33. The van der Waals surface area contributed by atoms with Crippen molar-refractivity contribution in [3.8, 4) is 29.2 Å². The lowest BCUT2D eigenvalue weighted by Crippen LogP contribution is -2.13. The van der Waals surface area contributed by atoms with Gasteiger partial charge >= 0.3 is 0 Å². The number of benzene rings is 1. The fourth-order valence-electron chi connectivity index (χ4n) is 2.68. The van der Waals surface area contributed by atoms with Gasteiger partial charge in [-0.2, -0.15) is 5.26 Å². The Kier molecular flexibility index (Phi) is 4.98. The number of anilines is 2. The van der Waals surface area contributed by atoms with Crippen molar-refractivity contribution >= 4 is 11.8 Å². The van der Waals surface area contributed by atoms with E-state index in [4.69, 9.17) is 11.5 Å². The van der Waals surface area contributed by atoms with E-state index in [1.807, 2.05) is 45.0 Å². The number of hydrogen-bond donors (Lipinski definition) is 2. The van der Waals surface area contributed by atoms with Crippen LogP contribution in [0.3, 0.4) is 0 Å². The smallest absolute Gasteiger partial charge is 0.220 e. The maximum atomic E-state index is 9.33. The predicted octanol–water partition coefficient (Wildman–Crippen LogP) is 3.21. The van der Waals surface area contributed by atoms with Crippen molar-refractivity contribution in [2.24, 2.45) is 0 Å². The first kappa shape index (κ1) is 18.9. The Hall–Kier alpha value is -3.90. The molecule has 0 bridgehead atoms. The van der Waals surface area contributed by atoms with E-state index in [9.17, 15) is 5.26 Å². The molecular formula is C22H20N6. The van der Waals surface area contributed by atoms with Crippen LogP contribution in [0, 0.1) is 30.1 Å². The van der Waals surface area contributed by atoms with Crippen LogP contribution in [0.15, 0.2) is 42.6 Å². The van der Waals surface area contributed by atoms with Gasteiger partial charge in [0.2, 0.25) is 5.95 Å². The van der Waals surface area contributed by atoms with Crippen LogP contribution in [0.4, 0.5) is 11.8 Å². The third-order valence-corrected chi connectivity index (χ3v) is 4.38. The molecule has 2 heterocycles. The maximum absolute atomic E-state index is 9.33. The lowest BCUT2D eigenvalue weighted by atomic mass is 9.85. The first-order valence-corrected chi connectivity index (χ1v) is 8.70.